The second-order valence-corrected chi connectivity index (χ2v) is 8.70. The largest absolute Gasteiger partial charge is 0.477 e. The van der Waals surface area contributed by atoms with Gasteiger partial charge < -0.3 is 9.84 Å². The Balaban J connectivity index is 1.58. The van der Waals surface area contributed by atoms with Gasteiger partial charge in [-0.2, -0.15) is 0 Å². The lowest BCUT2D eigenvalue weighted by atomic mass is 9.83. The summed E-state index contributed by atoms with van der Waals surface area (Å²) in [7, 11) is 0. The van der Waals surface area contributed by atoms with Crippen molar-refractivity contribution in [3.05, 3.63) is 81.2 Å². The van der Waals surface area contributed by atoms with Crippen LogP contribution in [0.3, 0.4) is 0 Å². The number of carboxylic acids is 1. The highest BCUT2D eigenvalue weighted by Gasteiger charge is 2.26. The van der Waals surface area contributed by atoms with Gasteiger partial charge in [0.25, 0.3) is 5.56 Å². The van der Waals surface area contributed by atoms with Crippen molar-refractivity contribution < 1.29 is 14.6 Å². The Morgan fingerprint density at radius 1 is 1.06 bits per heavy atom. The Labute approximate surface area is 194 Å². The van der Waals surface area contributed by atoms with Gasteiger partial charge in [0.15, 0.2) is 5.65 Å². The molecule has 2 aromatic heterocycles. The van der Waals surface area contributed by atoms with E-state index in [-0.39, 0.29) is 22.8 Å². The first-order valence-corrected chi connectivity index (χ1v) is 11.3. The predicted octanol–water partition coefficient (Wildman–Crippen LogP) is 5.88. The molecule has 33 heavy (non-hydrogen) atoms. The minimum absolute atomic E-state index is 0.0726. The van der Waals surface area contributed by atoms with Crippen molar-refractivity contribution >= 4 is 23.2 Å². The molecule has 8 heteroatoms. The first-order chi connectivity index (χ1) is 16.0. The van der Waals surface area contributed by atoms with Crippen LogP contribution in [-0.2, 0) is 0 Å². The van der Waals surface area contributed by atoms with Crippen LogP contribution in [0.4, 0.5) is 0 Å². The molecule has 5 rings (SSSR count). The molecule has 0 spiro atoms. The Bertz CT molecular complexity index is 1390. The number of aromatic amines is 1. The van der Waals surface area contributed by atoms with Crippen molar-refractivity contribution in [3.63, 3.8) is 0 Å². The number of halogens is 1. The highest BCUT2D eigenvalue weighted by Crippen LogP contribution is 2.36. The van der Waals surface area contributed by atoms with Crippen LogP contribution in [0.2, 0.25) is 5.02 Å². The van der Waals surface area contributed by atoms with Gasteiger partial charge in [0.1, 0.15) is 17.2 Å². The molecule has 1 saturated carbocycles. The molecule has 1 fully saturated rings. The molecular formula is C25H22ClN3O4. The highest BCUT2D eigenvalue weighted by molar-refractivity contribution is 6.30. The van der Waals surface area contributed by atoms with E-state index >= 15 is 0 Å². The molecule has 1 aliphatic rings. The topological polar surface area (TPSA) is 96.7 Å². The summed E-state index contributed by atoms with van der Waals surface area (Å²) in [6.45, 7) is 0. The zero-order chi connectivity index (χ0) is 22.9. The number of benzene rings is 2. The van der Waals surface area contributed by atoms with E-state index in [4.69, 9.17) is 21.3 Å². The molecule has 0 atom stereocenters. The normalized spacial score (nSPS) is 14.5. The maximum absolute atomic E-state index is 13.5. The van der Waals surface area contributed by atoms with Crippen molar-refractivity contribution in [1.82, 2.24) is 14.6 Å². The van der Waals surface area contributed by atoms with Crippen LogP contribution in [0.5, 0.6) is 11.5 Å². The summed E-state index contributed by atoms with van der Waals surface area (Å²) in [4.78, 5) is 29.6. The Kier molecular flexibility index (Phi) is 5.64. The quantitative estimate of drug-likeness (QED) is 0.385. The van der Waals surface area contributed by atoms with Gasteiger partial charge >= 0.3 is 5.97 Å². The van der Waals surface area contributed by atoms with Crippen molar-refractivity contribution in [2.24, 2.45) is 0 Å². The summed E-state index contributed by atoms with van der Waals surface area (Å²) in [5, 5.41) is 12.6. The number of carboxylic acid groups (broad SMARTS) is 1. The lowest BCUT2D eigenvalue weighted by molar-refractivity contribution is 0.0690. The third-order valence-electron chi connectivity index (χ3n) is 6.05. The van der Waals surface area contributed by atoms with Gasteiger partial charge in [-0.15, -0.1) is 0 Å². The summed E-state index contributed by atoms with van der Waals surface area (Å²) in [5.74, 6) is 0.213. The molecule has 1 aliphatic carbocycles. The van der Waals surface area contributed by atoms with E-state index in [1.165, 1.54) is 10.6 Å². The fraction of sp³-hybridized carbons (Fsp3) is 0.240. The summed E-state index contributed by atoms with van der Waals surface area (Å²) in [5.41, 5.74) is 1.98. The standard InChI is InChI=1S/C25H22ClN3O4/c26-17-7-4-8-19(13-17)33-18-11-9-16(10-12-18)23-22(15-5-2-1-3-6-15)24(30)29-21(27-23)14-20(28-29)25(31)32/h4,7-15,28H,1-3,5-6H2,(H,31,32). The van der Waals surface area contributed by atoms with Crippen molar-refractivity contribution in [2.75, 3.05) is 0 Å². The second-order valence-electron chi connectivity index (χ2n) is 8.27. The molecule has 7 nitrogen and oxygen atoms in total. The first-order valence-electron chi connectivity index (χ1n) is 10.9. The van der Waals surface area contributed by atoms with E-state index in [9.17, 15) is 14.7 Å². The Morgan fingerprint density at radius 3 is 2.52 bits per heavy atom. The molecule has 168 valence electrons. The maximum atomic E-state index is 13.5. The second kappa shape index (κ2) is 8.75. The molecular weight excluding hydrogens is 442 g/mol. The number of hydrogen-bond acceptors (Lipinski definition) is 4. The minimum atomic E-state index is -1.14. The molecule has 0 radical (unpaired) electrons. The number of H-pyrrole nitrogens is 1. The van der Waals surface area contributed by atoms with Crippen molar-refractivity contribution in [2.45, 2.75) is 38.0 Å². The predicted molar refractivity (Wildman–Crippen MR) is 126 cm³/mol. The van der Waals surface area contributed by atoms with Gasteiger partial charge in [-0.3, -0.25) is 9.89 Å². The van der Waals surface area contributed by atoms with E-state index in [1.54, 1.807) is 12.1 Å². The summed E-state index contributed by atoms with van der Waals surface area (Å²) in [6, 6.07) is 15.9. The van der Waals surface area contributed by atoms with E-state index in [0.29, 0.717) is 27.8 Å². The molecule has 2 N–H and O–H groups in total. The molecule has 4 aromatic rings. The summed E-state index contributed by atoms with van der Waals surface area (Å²) < 4.78 is 7.12. The molecule has 2 aromatic carbocycles. The number of aromatic nitrogens is 3. The van der Waals surface area contributed by atoms with Crippen LogP contribution >= 0.6 is 11.6 Å². The average molecular weight is 464 g/mol. The first kappa shape index (κ1) is 21.3. The van der Waals surface area contributed by atoms with Crippen LogP contribution in [0.1, 0.15) is 54.1 Å². The van der Waals surface area contributed by atoms with Crippen molar-refractivity contribution in [1.29, 1.82) is 0 Å². The summed E-state index contributed by atoms with van der Waals surface area (Å²) >= 11 is 6.03. The monoisotopic (exact) mass is 463 g/mol. The number of nitrogens with zero attached hydrogens (tertiary/aromatic N) is 2. The van der Waals surface area contributed by atoms with Gasteiger partial charge in [0, 0.05) is 22.2 Å². The van der Waals surface area contributed by atoms with Gasteiger partial charge in [-0.05, 0) is 61.2 Å². The van der Waals surface area contributed by atoms with E-state index in [1.807, 2.05) is 36.4 Å². The third-order valence-corrected chi connectivity index (χ3v) is 6.29. The number of fused-ring (bicyclic) bond motifs is 1. The zero-order valence-corrected chi connectivity index (χ0v) is 18.5. The molecule has 0 aliphatic heterocycles. The fourth-order valence-electron chi connectivity index (χ4n) is 4.47. The molecule has 0 unspecified atom stereocenters. The van der Waals surface area contributed by atoms with Gasteiger partial charge in [-0.25, -0.2) is 14.3 Å². The molecule has 0 bridgehead atoms. The Hall–Kier alpha value is -3.58. The van der Waals surface area contributed by atoms with Gasteiger partial charge in [0.05, 0.1) is 5.69 Å². The smallest absolute Gasteiger partial charge is 0.353 e. The van der Waals surface area contributed by atoms with E-state index in [0.717, 1.165) is 37.7 Å². The number of aromatic carboxylic acids is 1. The van der Waals surface area contributed by atoms with E-state index in [2.05, 4.69) is 5.10 Å². The van der Waals surface area contributed by atoms with E-state index < -0.39 is 5.97 Å². The Morgan fingerprint density at radius 2 is 1.82 bits per heavy atom. The van der Waals surface area contributed by atoms with Crippen LogP contribution in [-0.4, -0.2) is 25.7 Å². The fourth-order valence-corrected chi connectivity index (χ4v) is 4.65. The van der Waals surface area contributed by atoms with Gasteiger partial charge in [-0.1, -0.05) is 36.9 Å². The zero-order valence-electron chi connectivity index (χ0n) is 17.8. The maximum Gasteiger partial charge on any atom is 0.353 e. The van der Waals surface area contributed by atoms with Gasteiger partial charge in [0.2, 0.25) is 0 Å². The number of nitrogens with one attached hydrogen (secondary N) is 1. The number of rotatable bonds is 5. The molecule has 0 amide bonds. The van der Waals surface area contributed by atoms with Crippen LogP contribution in [0.25, 0.3) is 16.9 Å². The molecule has 2 heterocycles. The van der Waals surface area contributed by atoms with Crippen LogP contribution in [0, 0.1) is 0 Å². The summed E-state index contributed by atoms with van der Waals surface area (Å²) in [6.07, 6.45) is 5.11. The number of carbonyl (C=O) groups is 1. The lowest BCUT2D eigenvalue weighted by Gasteiger charge is -2.23. The SMILES string of the molecule is O=C(O)c1cc2nc(-c3ccc(Oc4cccc(Cl)c4)cc3)c(C3CCCCC3)c(=O)n2[nH]1. The molecule has 0 saturated heterocycles. The lowest BCUT2D eigenvalue weighted by Crippen LogP contribution is -2.25. The number of hydrogen-bond donors (Lipinski definition) is 2. The van der Waals surface area contributed by atoms with Crippen LogP contribution in [0.15, 0.2) is 59.4 Å². The van der Waals surface area contributed by atoms with Crippen LogP contribution < -0.4 is 10.3 Å². The average Bonchev–Trinajstić information content (AvgIpc) is 3.25. The van der Waals surface area contributed by atoms with Crippen molar-refractivity contribution in [3.8, 4) is 22.8 Å². The third kappa shape index (κ3) is 4.24. The minimum Gasteiger partial charge on any atom is -0.477 e. The highest BCUT2D eigenvalue weighted by atomic mass is 35.5. The number of ether oxygens (including phenoxy) is 1.